The summed E-state index contributed by atoms with van der Waals surface area (Å²) >= 11 is 1.49. The van der Waals surface area contributed by atoms with E-state index < -0.39 is 11.6 Å². The number of hydrogen-bond acceptors (Lipinski definition) is 5. The van der Waals surface area contributed by atoms with Crippen molar-refractivity contribution < 1.29 is 8.78 Å². The summed E-state index contributed by atoms with van der Waals surface area (Å²) in [6.07, 6.45) is 1.93. The minimum Gasteiger partial charge on any atom is -0.383 e. The zero-order valence-corrected chi connectivity index (χ0v) is 14.7. The molecule has 1 aromatic carbocycles. The van der Waals surface area contributed by atoms with Crippen molar-refractivity contribution in [2.75, 3.05) is 11.5 Å². The number of anilines is 1. The summed E-state index contributed by atoms with van der Waals surface area (Å²) in [6.45, 7) is 2.01. The molecule has 2 N–H and O–H groups in total. The fraction of sp³-hybridized carbons (Fsp3) is 0.353. The van der Waals surface area contributed by atoms with Crippen molar-refractivity contribution in [3.05, 3.63) is 29.3 Å². The monoisotopic (exact) mass is 361 g/mol. The summed E-state index contributed by atoms with van der Waals surface area (Å²) in [5, 5.41) is 5.66. The Bertz CT molecular complexity index is 981. The van der Waals surface area contributed by atoms with Crippen molar-refractivity contribution in [3.8, 4) is 11.3 Å². The molecule has 2 aromatic heterocycles. The van der Waals surface area contributed by atoms with Gasteiger partial charge < -0.3 is 5.73 Å². The Balaban J connectivity index is 1.98. The fourth-order valence-corrected chi connectivity index (χ4v) is 3.61. The second kappa shape index (κ2) is 5.94. The van der Waals surface area contributed by atoms with E-state index in [0.29, 0.717) is 33.3 Å². The Morgan fingerprint density at radius 1 is 1.24 bits per heavy atom. The predicted molar refractivity (Wildman–Crippen MR) is 94.4 cm³/mol. The quantitative estimate of drug-likeness (QED) is 0.564. The Hall–Kier alpha value is -2.22. The number of rotatable bonds is 4. The van der Waals surface area contributed by atoms with Crippen LogP contribution >= 0.6 is 11.8 Å². The number of hydrogen-bond donors (Lipinski definition) is 1. The van der Waals surface area contributed by atoms with Gasteiger partial charge in [-0.25, -0.2) is 23.4 Å². The molecule has 1 fully saturated rings. The lowest BCUT2D eigenvalue weighted by molar-refractivity contribution is 0.507. The van der Waals surface area contributed by atoms with Crippen molar-refractivity contribution in [1.82, 2.24) is 19.7 Å². The van der Waals surface area contributed by atoms with Crippen LogP contribution in [0.25, 0.3) is 22.3 Å². The Morgan fingerprint density at radius 2 is 1.96 bits per heavy atom. The zero-order chi connectivity index (χ0) is 17.7. The molecule has 5 nitrogen and oxygen atoms in total. The van der Waals surface area contributed by atoms with Crippen LogP contribution in [0.1, 0.15) is 31.2 Å². The molecule has 0 radical (unpaired) electrons. The van der Waals surface area contributed by atoms with Gasteiger partial charge >= 0.3 is 0 Å². The number of thioether (sulfide) groups is 1. The Labute approximate surface area is 147 Å². The molecule has 0 atom stereocenters. The summed E-state index contributed by atoms with van der Waals surface area (Å²) in [6, 6.07) is 2.49. The molecule has 1 aliphatic carbocycles. The highest BCUT2D eigenvalue weighted by atomic mass is 32.2. The van der Waals surface area contributed by atoms with Crippen LogP contribution in [0.5, 0.6) is 0 Å². The summed E-state index contributed by atoms with van der Waals surface area (Å²) in [5.41, 5.74) is 8.59. The van der Waals surface area contributed by atoms with E-state index in [9.17, 15) is 8.78 Å². The lowest BCUT2D eigenvalue weighted by Gasteiger charge is -2.09. The van der Waals surface area contributed by atoms with Gasteiger partial charge in [-0.05, 0) is 42.2 Å². The van der Waals surface area contributed by atoms with E-state index in [-0.39, 0.29) is 5.92 Å². The third kappa shape index (κ3) is 2.74. The normalized spacial score (nSPS) is 14.4. The lowest BCUT2D eigenvalue weighted by Crippen LogP contribution is -1.99. The van der Waals surface area contributed by atoms with Crippen LogP contribution in [0.15, 0.2) is 17.3 Å². The van der Waals surface area contributed by atoms with Gasteiger partial charge in [0.1, 0.15) is 11.5 Å². The van der Waals surface area contributed by atoms with Crippen LogP contribution in [0, 0.1) is 11.6 Å². The first-order valence-electron chi connectivity index (χ1n) is 8.12. The predicted octanol–water partition coefficient (Wildman–Crippen LogP) is 3.88. The zero-order valence-electron chi connectivity index (χ0n) is 13.9. The van der Waals surface area contributed by atoms with Gasteiger partial charge in [-0.15, -0.1) is 0 Å². The smallest absolute Gasteiger partial charge is 0.191 e. The van der Waals surface area contributed by atoms with Crippen LogP contribution in [0.3, 0.4) is 0 Å². The van der Waals surface area contributed by atoms with Gasteiger partial charge in [-0.1, -0.05) is 18.7 Å². The maximum absolute atomic E-state index is 13.9. The average molecular weight is 361 g/mol. The van der Waals surface area contributed by atoms with Gasteiger partial charge in [-0.3, -0.25) is 0 Å². The lowest BCUT2D eigenvalue weighted by atomic mass is 9.98. The van der Waals surface area contributed by atoms with Crippen LogP contribution in [0.2, 0.25) is 0 Å². The fourth-order valence-electron chi connectivity index (χ4n) is 3.04. The highest BCUT2D eigenvalue weighted by Crippen LogP contribution is 2.46. The van der Waals surface area contributed by atoms with E-state index in [1.807, 2.05) is 6.92 Å². The summed E-state index contributed by atoms with van der Waals surface area (Å²) in [4.78, 5) is 8.84. The summed E-state index contributed by atoms with van der Waals surface area (Å²) < 4.78 is 29.3. The molecule has 0 bridgehead atoms. The summed E-state index contributed by atoms with van der Waals surface area (Å²) in [5.74, 6) is -0.368. The van der Waals surface area contributed by atoms with Crippen LogP contribution < -0.4 is 5.73 Å². The van der Waals surface area contributed by atoms with E-state index in [2.05, 4.69) is 15.1 Å². The van der Waals surface area contributed by atoms with Gasteiger partial charge in [-0.2, -0.15) is 5.10 Å². The van der Waals surface area contributed by atoms with Gasteiger partial charge in [0.05, 0.1) is 5.39 Å². The molecule has 0 amide bonds. The molecule has 130 valence electrons. The number of nitrogens with zero attached hydrogens (tertiary/aromatic N) is 4. The number of nitrogens with two attached hydrogens (primary N) is 1. The molecule has 3 aromatic rings. The minimum atomic E-state index is -0.893. The minimum absolute atomic E-state index is 0.235. The molecule has 1 saturated carbocycles. The molecule has 1 aliphatic rings. The third-order valence-electron chi connectivity index (χ3n) is 4.33. The van der Waals surface area contributed by atoms with Crippen molar-refractivity contribution in [1.29, 1.82) is 0 Å². The van der Waals surface area contributed by atoms with Crippen molar-refractivity contribution >= 4 is 28.6 Å². The number of fused-ring (bicyclic) bond motifs is 1. The third-order valence-corrected chi connectivity index (χ3v) is 5.06. The van der Waals surface area contributed by atoms with Gasteiger partial charge in [0.2, 0.25) is 0 Å². The van der Waals surface area contributed by atoms with E-state index >= 15 is 0 Å². The van der Waals surface area contributed by atoms with Crippen LogP contribution in [0.4, 0.5) is 14.6 Å². The maximum Gasteiger partial charge on any atom is 0.191 e. The van der Waals surface area contributed by atoms with E-state index in [0.717, 1.165) is 24.2 Å². The first kappa shape index (κ1) is 16.3. The average Bonchev–Trinajstić information content (AvgIpc) is 3.35. The molecule has 8 heteroatoms. The topological polar surface area (TPSA) is 69.6 Å². The first-order chi connectivity index (χ1) is 12.0. The highest BCUT2D eigenvalue weighted by Gasteiger charge is 2.30. The Kier molecular flexibility index (Phi) is 3.87. The molecular formula is C17H17F2N5S. The molecule has 0 spiro atoms. The molecule has 0 unspecified atom stereocenters. The number of nitrogen functional groups attached to an aromatic ring is 1. The number of aryl methyl sites for hydroxylation is 1. The van der Waals surface area contributed by atoms with E-state index in [1.54, 1.807) is 11.7 Å². The van der Waals surface area contributed by atoms with Crippen molar-refractivity contribution in [2.24, 2.45) is 7.05 Å². The number of aromatic nitrogens is 4. The summed E-state index contributed by atoms with van der Waals surface area (Å²) in [7, 11) is 1.76. The standard InChI is InChI=1S/C17H17F2N5S/c1-3-25-17-21-15(20)13-14(23-24(2)16(13)22-17)10-7-12(19)11(18)6-9(10)8-4-5-8/h6-8H,3-5H2,1-2H3,(H2,20,21,22). The second-order valence-electron chi connectivity index (χ2n) is 6.12. The van der Waals surface area contributed by atoms with Crippen molar-refractivity contribution in [2.45, 2.75) is 30.8 Å². The molecule has 25 heavy (non-hydrogen) atoms. The molecular weight excluding hydrogens is 344 g/mol. The maximum atomic E-state index is 13.9. The number of halogens is 2. The molecule has 0 aliphatic heterocycles. The van der Waals surface area contributed by atoms with Crippen LogP contribution in [-0.4, -0.2) is 25.5 Å². The largest absolute Gasteiger partial charge is 0.383 e. The van der Waals surface area contributed by atoms with Gasteiger partial charge in [0.15, 0.2) is 22.4 Å². The van der Waals surface area contributed by atoms with Gasteiger partial charge in [0.25, 0.3) is 0 Å². The first-order valence-corrected chi connectivity index (χ1v) is 9.10. The molecule has 4 rings (SSSR count). The number of benzene rings is 1. The highest BCUT2D eigenvalue weighted by molar-refractivity contribution is 7.99. The van der Waals surface area contributed by atoms with Crippen molar-refractivity contribution in [3.63, 3.8) is 0 Å². The molecule has 0 saturated heterocycles. The van der Waals surface area contributed by atoms with E-state index in [4.69, 9.17) is 5.73 Å². The SMILES string of the molecule is CCSc1nc(N)c2c(-c3cc(F)c(F)cc3C3CC3)nn(C)c2n1. The molecule has 2 heterocycles. The second-order valence-corrected chi connectivity index (χ2v) is 7.35. The van der Waals surface area contributed by atoms with E-state index in [1.165, 1.54) is 23.9 Å². The van der Waals surface area contributed by atoms with Gasteiger partial charge in [0, 0.05) is 12.6 Å². The Morgan fingerprint density at radius 3 is 2.64 bits per heavy atom. The van der Waals surface area contributed by atoms with Crippen LogP contribution in [-0.2, 0) is 7.05 Å².